The first-order valence-corrected chi connectivity index (χ1v) is 14.6. The molecular formula is C33H29Cl2NO5. The molecule has 1 aliphatic heterocycles. The van der Waals surface area contributed by atoms with Crippen molar-refractivity contribution < 1.29 is 23.9 Å². The van der Waals surface area contributed by atoms with Crippen molar-refractivity contribution in [2.24, 2.45) is 17.8 Å². The molecule has 210 valence electrons. The van der Waals surface area contributed by atoms with Gasteiger partial charge in [-0.1, -0.05) is 99.6 Å². The molecule has 3 aliphatic carbocycles. The fourth-order valence-corrected chi connectivity index (χ4v) is 8.06. The van der Waals surface area contributed by atoms with E-state index < -0.39 is 57.4 Å². The van der Waals surface area contributed by atoms with Crippen molar-refractivity contribution in [3.05, 3.63) is 107 Å². The minimum atomic E-state index is -1.35. The maximum Gasteiger partial charge on any atom is 0.330 e. The van der Waals surface area contributed by atoms with Crippen molar-refractivity contribution in [1.29, 1.82) is 0 Å². The fourth-order valence-electron chi connectivity index (χ4n) is 6.96. The molecule has 0 radical (unpaired) electrons. The molecule has 1 heterocycles. The van der Waals surface area contributed by atoms with Crippen molar-refractivity contribution in [1.82, 2.24) is 4.90 Å². The van der Waals surface area contributed by atoms with E-state index in [1.165, 1.54) is 0 Å². The SMILES string of the molecule is CC[C@H](OC(=O)[C@H](C(C)C)N1C(=O)[C@H]2[C@H](C1=O)C1(Cl)c3ccccc3C2(Cl)c2ccccc21)C(=O)c1ccccc1. The molecule has 1 saturated heterocycles. The van der Waals surface area contributed by atoms with E-state index in [0.29, 0.717) is 27.8 Å². The lowest BCUT2D eigenvalue weighted by molar-refractivity contribution is -0.163. The lowest BCUT2D eigenvalue weighted by Crippen LogP contribution is -2.57. The molecule has 3 aromatic carbocycles. The average Bonchev–Trinajstić information content (AvgIpc) is 3.25. The van der Waals surface area contributed by atoms with Crippen molar-refractivity contribution in [2.75, 3.05) is 0 Å². The molecular weight excluding hydrogens is 561 g/mol. The summed E-state index contributed by atoms with van der Waals surface area (Å²) in [5.74, 6) is -4.85. The summed E-state index contributed by atoms with van der Waals surface area (Å²) < 4.78 is 5.74. The van der Waals surface area contributed by atoms with Crippen LogP contribution in [-0.4, -0.2) is 40.6 Å². The third-order valence-corrected chi connectivity index (χ3v) is 10.0. The maximum absolute atomic E-state index is 14.4. The smallest absolute Gasteiger partial charge is 0.330 e. The second-order valence-electron chi connectivity index (χ2n) is 11.3. The fraction of sp³-hybridized carbons (Fsp3) is 0.333. The molecule has 8 heteroatoms. The first-order valence-electron chi connectivity index (χ1n) is 13.8. The van der Waals surface area contributed by atoms with Crippen LogP contribution in [0.25, 0.3) is 0 Å². The number of nitrogens with zero attached hydrogens (tertiary/aromatic N) is 1. The summed E-state index contributed by atoms with van der Waals surface area (Å²) in [6.45, 7) is 5.21. The summed E-state index contributed by atoms with van der Waals surface area (Å²) in [4.78, 5) is 53.9. The Morgan fingerprint density at radius 1 is 0.780 bits per heavy atom. The number of benzene rings is 3. The highest BCUT2D eigenvalue weighted by Crippen LogP contribution is 2.69. The summed E-state index contributed by atoms with van der Waals surface area (Å²) in [5.41, 5.74) is 3.14. The van der Waals surface area contributed by atoms with E-state index in [4.69, 9.17) is 27.9 Å². The highest BCUT2D eigenvalue weighted by molar-refractivity contribution is 6.36. The average molecular weight is 591 g/mol. The second-order valence-corrected chi connectivity index (χ2v) is 12.5. The highest BCUT2D eigenvalue weighted by Gasteiger charge is 2.74. The van der Waals surface area contributed by atoms with E-state index in [1.807, 2.05) is 48.5 Å². The van der Waals surface area contributed by atoms with Crippen molar-refractivity contribution in [3.8, 4) is 0 Å². The van der Waals surface area contributed by atoms with Gasteiger partial charge in [-0.2, -0.15) is 0 Å². The van der Waals surface area contributed by atoms with Crippen molar-refractivity contribution in [3.63, 3.8) is 0 Å². The molecule has 0 saturated carbocycles. The lowest BCUT2D eigenvalue weighted by Gasteiger charge is -2.54. The number of ether oxygens (including phenoxy) is 1. The molecule has 7 rings (SSSR count). The zero-order chi connectivity index (χ0) is 29.3. The number of Topliss-reactive ketones (excluding diaryl/α,β-unsaturated/α-hetero) is 1. The predicted octanol–water partition coefficient (Wildman–Crippen LogP) is 5.81. The highest BCUT2D eigenvalue weighted by atomic mass is 35.5. The van der Waals surface area contributed by atoms with Gasteiger partial charge in [0.1, 0.15) is 15.8 Å². The van der Waals surface area contributed by atoms with Crippen LogP contribution in [0.2, 0.25) is 0 Å². The van der Waals surface area contributed by atoms with Crippen LogP contribution >= 0.6 is 23.2 Å². The number of hydrogen-bond donors (Lipinski definition) is 0. The molecule has 0 unspecified atom stereocenters. The van der Waals surface area contributed by atoms with E-state index in [-0.39, 0.29) is 12.2 Å². The molecule has 2 bridgehead atoms. The van der Waals surface area contributed by atoms with E-state index in [2.05, 4.69) is 0 Å². The van der Waals surface area contributed by atoms with Crippen LogP contribution in [0.5, 0.6) is 0 Å². The summed E-state index contributed by atoms with van der Waals surface area (Å²) >= 11 is 15.0. The van der Waals surface area contributed by atoms with Crippen molar-refractivity contribution in [2.45, 2.75) is 49.1 Å². The van der Waals surface area contributed by atoms with Crippen LogP contribution in [0, 0.1) is 17.8 Å². The van der Waals surface area contributed by atoms with Crippen LogP contribution in [0.1, 0.15) is 59.8 Å². The van der Waals surface area contributed by atoms with E-state index in [0.717, 1.165) is 4.90 Å². The Bertz CT molecular complexity index is 1460. The van der Waals surface area contributed by atoms with Gasteiger partial charge in [-0.05, 0) is 34.6 Å². The standard InChI is InChI=1S/C33H29Cl2NO5/c1-4-24(28(37)19-12-6-5-7-13-19)41-31(40)27(18(2)3)36-29(38)25-26(30(36)39)33(35)21-15-9-8-14-20(21)32(25,34)22-16-10-11-17-23(22)33/h5-18,24-27H,4H2,1-3H3/t24-,25+,26+,27-,32?,33?/m0/s1. The third kappa shape index (κ3) is 3.70. The Labute approximate surface area is 248 Å². The molecule has 41 heavy (non-hydrogen) atoms. The van der Waals surface area contributed by atoms with Crippen LogP contribution in [0.15, 0.2) is 78.9 Å². The van der Waals surface area contributed by atoms with Gasteiger partial charge in [-0.15, -0.1) is 23.2 Å². The summed E-state index contributed by atoms with van der Waals surface area (Å²) in [5, 5.41) is 0. The Kier molecular flexibility index (Phi) is 6.63. The summed E-state index contributed by atoms with van der Waals surface area (Å²) in [6.07, 6.45) is -0.831. The molecule has 4 atom stereocenters. The van der Waals surface area contributed by atoms with Crippen LogP contribution in [0.4, 0.5) is 0 Å². The summed E-state index contributed by atoms with van der Waals surface area (Å²) in [6, 6.07) is 22.0. The second kappa shape index (κ2) is 9.81. The molecule has 4 aliphatic rings. The van der Waals surface area contributed by atoms with Gasteiger partial charge in [0.05, 0.1) is 11.8 Å². The monoisotopic (exact) mass is 589 g/mol. The Balaban J connectivity index is 1.41. The number of ketones is 1. The minimum absolute atomic E-state index is 0.234. The molecule has 6 nitrogen and oxygen atoms in total. The molecule has 0 spiro atoms. The maximum atomic E-state index is 14.4. The zero-order valence-corrected chi connectivity index (χ0v) is 24.4. The molecule has 2 amide bonds. The topological polar surface area (TPSA) is 80.8 Å². The number of amides is 2. The third-order valence-electron chi connectivity index (χ3n) is 8.75. The van der Waals surface area contributed by atoms with E-state index in [1.54, 1.807) is 51.1 Å². The van der Waals surface area contributed by atoms with E-state index in [9.17, 15) is 19.2 Å². The van der Waals surface area contributed by atoms with E-state index >= 15 is 0 Å². The molecule has 0 N–H and O–H groups in total. The van der Waals surface area contributed by atoms with Gasteiger partial charge in [0.2, 0.25) is 17.6 Å². The number of rotatable bonds is 7. The minimum Gasteiger partial charge on any atom is -0.452 e. The lowest BCUT2D eigenvalue weighted by atomic mass is 9.54. The van der Waals surface area contributed by atoms with Gasteiger partial charge in [0, 0.05) is 5.56 Å². The number of halogens is 2. The quantitative estimate of drug-likeness (QED) is 0.150. The number of hydrogen-bond acceptors (Lipinski definition) is 5. The molecule has 3 aromatic rings. The number of imide groups is 1. The van der Waals surface area contributed by atoms with Crippen LogP contribution in [-0.2, 0) is 28.9 Å². The van der Waals surface area contributed by atoms with Crippen LogP contribution < -0.4 is 0 Å². The Hall–Kier alpha value is -3.48. The van der Waals surface area contributed by atoms with Gasteiger partial charge in [0.25, 0.3) is 0 Å². The zero-order valence-electron chi connectivity index (χ0n) is 22.8. The number of carbonyl (C=O) groups is 4. The normalized spacial score (nSPS) is 27.2. The van der Waals surface area contributed by atoms with Gasteiger partial charge < -0.3 is 4.74 Å². The van der Waals surface area contributed by atoms with Crippen molar-refractivity contribution >= 4 is 46.8 Å². The van der Waals surface area contributed by atoms with Gasteiger partial charge in [-0.3, -0.25) is 19.3 Å². The first-order chi connectivity index (χ1) is 19.6. The number of esters is 1. The van der Waals surface area contributed by atoms with Crippen LogP contribution in [0.3, 0.4) is 0 Å². The van der Waals surface area contributed by atoms with Gasteiger partial charge in [-0.25, -0.2) is 4.79 Å². The first kappa shape index (κ1) is 27.7. The predicted molar refractivity (Wildman–Crippen MR) is 155 cm³/mol. The number of carbonyl (C=O) groups excluding carboxylic acids is 4. The number of likely N-dealkylation sites (tertiary alicyclic amines) is 1. The Morgan fingerprint density at radius 3 is 1.59 bits per heavy atom. The van der Waals surface area contributed by atoms with Gasteiger partial charge >= 0.3 is 5.97 Å². The Morgan fingerprint density at radius 2 is 1.20 bits per heavy atom. The largest absolute Gasteiger partial charge is 0.452 e. The van der Waals surface area contributed by atoms with Gasteiger partial charge in [0.15, 0.2) is 6.10 Å². The number of alkyl halides is 2. The molecule has 1 fully saturated rings. The molecule has 0 aromatic heterocycles. The summed E-state index contributed by atoms with van der Waals surface area (Å²) in [7, 11) is 0.